The molecule has 136 valence electrons. The van der Waals surface area contributed by atoms with Crippen molar-refractivity contribution >= 4 is 39.7 Å². The normalized spacial score (nSPS) is 17.8. The van der Waals surface area contributed by atoms with Crippen LogP contribution in [0, 0.1) is 0 Å². The van der Waals surface area contributed by atoms with Gasteiger partial charge in [0.05, 0.1) is 15.8 Å². The van der Waals surface area contributed by atoms with E-state index in [1.807, 2.05) is 12.1 Å². The van der Waals surface area contributed by atoms with Crippen LogP contribution in [-0.2, 0) is 10.0 Å². The van der Waals surface area contributed by atoms with E-state index >= 15 is 0 Å². The molecule has 1 unspecified atom stereocenters. The Morgan fingerprint density at radius 1 is 1.48 bits per heavy atom. The summed E-state index contributed by atoms with van der Waals surface area (Å²) in [5.74, 6) is -0.159. The Labute approximate surface area is 156 Å². The van der Waals surface area contributed by atoms with E-state index in [9.17, 15) is 13.2 Å². The number of sulfonamides is 1. The summed E-state index contributed by atoms with van der Waals surface area (Å²) in [5, 5.41) is 4.77. The molecule has 0 aromatic carbocycles. The third-order valence-electron chi connectivity index (χ3n) is 3.94. The molecule has 3 heterocycles. The van der Waals surface area contributed by atoms with Gasteiger partial charge in [-0.25, -0.2) is 13.1 Å². The maximum atomic E-state index is 12.9. The Hall–Kier alpha value is -1.52. The first-order chi connectivity index (χ1) is 11.5. The highest BCUT2D eigenvalue weighted by Crippen LogP contribution is 2.27. The van der Waals surface area contributed by atoms with Crippen molar-refractivity contribution in [1.82, 2.24) is 19.9 Å². The van der Waals surface area contributed by atoms with Gasteiger partial charge in [0.1, 0.15) is 0 Å². The van der Waals surface area contributed by atoms with Gasteiger partial charge in [-0.1, -0.05) is 6.07 Å². The molecule has 1 saturated heterocycles. The number of carbonyl (C=O) groups is 1. The number of aromatic nitrogens is 1. The lowest BCUT2D eigenvalue weighted by Crippen LogP contribution is -2.48. The first-order valence-corrected chi connectivity index (χ1v) is 9.83. The number of carbonyl (C=O) groups excluding carboxylic acids is 1. The molecule has 0 saturated carbocycles. The number of hydrogen-bond donors (Lipinski definition) is 2. The molecular weight excluding hydrogens is 384 g/mol. The largest absolute Gasteiger partial charge is 0.328 e. The van der Waals surface area contributed by atoms with Gasteiger partial charge < -0.3 is 10.2 Å². The van der Waals surface area contributed by atoms with Gasteiger partial charge in [-0.15, -0.1) is 23.7 Å². The zero-order chi connectivity index (χ0) is 17.2. The zero-order valence-electron chi connectivity index (χ0n) is 13.5. The molecule has 0 bridgehead atoms. The molecule has 1 fully saturated rings. The molecular formula is C15H19ClN4O3S2. The molecule has 1 aliphatic rings. The molecule has 2 N–H and O–H groups in total. The highest BCUT2D eigenvalue weighted by atomic mass is 35.5. The number of nitrogens with zero attached hydrogens (tertiary/aromatic N) is 2. The second kappa shape index (κ2) is 8.24. The van der Waals surface area contributed by atoms with Crippen molar-refractivity contribution in [3.63, 3.8) is 0 Å². The van der Waals surface area contributed by atoms with Crippen molar-refractivity contribution in [2.24, 2.45) is 0 Å². The van der Waals surface area contributed by atoms with Gasteiger partial charge in [-0.05, 0) is 24.7 Å². The molecule has 1 atom stereocenters. The molecule has 0 radical (unpaired) electrons. The number of thiophene rings is 1. The average molecular weight is 403 g/mol. The number of piperazine rings is 1. The molecule has 2 aromatic rings. The molecule has 25 heavy (non-hydrogen) atoms. The van der Waals surface area contributed by atoms with E-state index in [2.05, 4.69) is 15.0 Å². The maximum absolute atomic E-state index is 12.9. The zero-order valence-corrected chi connectivity index (χ0v) is 16.0. The average Bonchev–Trinajstić information content (AvgIpc) is 3.13. The summed E-state index contributed by atoms with van der Waals surface area (Å²) in [4.78, 5) is 19.3. The van der Waals surface area contributed by atoms with Gasteiger partial charge >= 0.3 is 0 Å². The Bertz CT molecular complexity index is 826. The molecule has 0 spiro atoms. The monoisotopic (exact) mass is 402 g/mol. The van der Waals surface area contributed by atoms with Crippen LogP contribution in [0.3, 0.4) is 0 Å². The third-order valence-corrected chi connectivity index (χ3v) is 6.40. The number of rotatable bonds is 4. The van der Waals surface area contributed by atoms with Crippen molar-refractivity contribution in [3.8, 4) is 0 Å². The number of nitrogens with one attached hydrogen (secondary N) is 2. The molecule has 1 aliphatic heterocycles. The van der Waals surface area contributed by atoms with Gasteiger partial charge in [0.25, 0.3) is 5.91 Å². The van der Waals surface area contributed by atoms with Gasteiger partial charge in [0.2, 0.25) is 10.0 Å². The van der Waals surface area contributed by atoms with E-state index < -0.39 is 10.0 Å². The smallest absolute Gasteiger partial charge is 0.264 e. The lowest BCUT2D eigenvalue weighted by atomic mass is 10.1. The highest BCUT2D eigenvalue weighted by Gasteiger charge is 2.30. The van der Waals surface area contributed by atoms with Crippen molar-refractivity contribution in [2.75, 3.05) is 26.7 Å². The van der Waals surface area contributed by atoms with E-state index in [0.717, 1.165) is 16.9 Å². The van der Waals surface area contributed by atoms with Crippen LogP contribution in [0.2, 0.25) is 0 Å². The summed E-state index contributed by atoms with van der Waals surface area (Å²) < 4.78 is 26.0. The second-order valence-electron chi connectivity index (χ2n) is 5.36. The Morgan fingerprint density at radius 3 is 2.96 bits per heavy atom. The Balaban J connectivity index is 0.00000225. The van der Waals surface area contributed by atoms with Crippen LogP contribution >= 0.6 is 23.7 Å². The van der Waals surface area contributed by atoms with E-state index in [1.165, 1.54) is 18.5 Å². The van der Waals surface area contributed by atoms with Crippen molar-refractivity contribution in [3.05, 3.63) is 46.4 Å². The van der Waals surface area contributed by atoms with Crippen LogP contribution in [0.15, 0.2) is 40.9 Å². The van der Waals surface area contributed by atoms with Crippen LogP contribution in [0.4, 0.5) is 0 Å². The molecule has 1 amide bonds. The van der Waals surface area contributed by atoms with Crippen LogP contribution in [-0.4, -0.2) is 50.9 Å². The van der Waals surface area contributed by atoms with Crippen LogP contribution in [0.25, 0.3) is 0 Å². The van der Waals surface area contributed by atoms with Crippen LogP contribution in [0.1, 0.15) is 21.3 Å². The Morgan fingerprint density at radius 2 is 2.28 bits per heavy atom. The summed E-state index contributed by atoms with van der Waals surface area (Å²) in [5.41, 5.74) is 0.956. The number of pyridine rings is 1. The first-order valence-electron chi connectivity index (χ1n) is 7.46. The minimum atomic E-state index is -3.54. The van der Waals surface area contributed by atoms with Crippen molar-refractivity contribution < 1.29 is 13.2 Å². The van der Waals surface area contributed by atoms with Crippen molar-refractivity contribution in [2.45, 2.75) is 10.9 Å². The first kappa shape index (κ1) is 19.8. The SMILES string of the molecule is CNS(=O)(=O)c1csc(C(=O)N2CCNCC2c2cccnc2)c1.Cl. The van der Waals surface area contributed by atoms with Crippen LogP contribution < -0.4 is 10.0 Å². The third kappa shape index (κ3) is 4.18. The van der Waals surface area contributed by atoms with Gasteiger partial charge in [-0.2, -0.15) is 0 Å². The molecule has 0 aliphatic carbocycles. The highest BCUT2D eigenvalue weighted by molar-refractivity contribution is 7.89. The summed E-state index contributed by atoms with van der Waals surface area (Å²) in [6.45, 7) is 1.91. The van der Waals surface area contributed by atoms with Gasteiger partial charge in [0.15, 0.2) is 0 Å². The second-order valence-corrected chi connectivity index (χ2v) is 8.16. The topological polar surface area (TPSA) is 91.4 Å². The summed E-state index contributed by atoms with van der Waals surface area (Å²) >= 11 is 1.14. The van der Waals surface area contributed by atoms with E-state index in [0.29, 0.717) is 24.5 Å². The quantitative estimate of drug-likeness (QED) is 0.803. The van der Waals surface area contributed by atoms with Gasteiger partial charge in [-0.3, -0.25) is 9.78 Å². The summed E-state index contributed by atoms with van der Waals surface area (Å²) in [6, 6.07) is 5.10. The number of amides is 1. The fraction of sp³-hybridized carbons (Fsp3) is 0.333. The van der Waals surface area contributed by atoms with E-state index in [-0.39, 0.29) is 29.3 Å². The molecule has 2 aromatic heterocycles. The maximum Gasteiger partial charge on any atom is 0.264 e. The fourth-order valence-corrected chi connectivity index (χ4v) is 4.61. The summed E-state index contributed by atoms with van der Waals surface area (Å²) in [7, 11) is -2.19. The molecule has 7 nitrogen and oxygen atoms in total. The number of halogens is 1. The lowest BCUT2D eigenvalue weighted by Gasteiger charge is -2.36. The van der Waals surface area contributed by atoms with E-state index in [4.69, 9.17) is 0 Å². The van der Waals surface area contributed by atoms with Crippen molar-refractivity contribution in [1.29, 1.82) is 0 Å². The Kier molecular flexibility index (Phi) is 6.53. The number of hydrogen-bond acceptors (Lipinski definition) is 6. The standard InChI is InChI=1S/C15H18N4O3S2.ClH/c1-16-24(21,22)12-7-14(23-10-12)15(20)19-6-5-18-9-13(19)11-3-2-4-17-8-11;/h2-4,7-8,10,13,16,18H,5-6,9H2,1H3;1H. The lowest BCUT2D eigenvalue weighted by molar-refractivity contribution is 0.0639. The molecule has 10 heteroatoms. The minimum absolute atomic E-state index is 0. The van der Waals surface area contributed by atoms with E-state index in [1.54, 1.807) is 17.3 Å². The summed E-state index contributed by atoms with van der Waals surface area (Å²) in [6.07, 6.45) is 3.45. The predicted molar refractivity (Wildman–Crippen MR) is 98.7 cm³/mol. The fourth-order valence-electron chi connectivity index (χ4n) is 2.65. The van der Waals surface area contributed by atoms with Gasteiger partial charge in [0, 0.05) is 37.4 Å². The predicted octanol–water partition coefficient (Wildman–Crippen LogP) is 1.26. The minimum Gasteiger partial charge on any atom is -0.328 e. The van der Waals surface area contributed by atoms with Crippen LogP contribution in [0.5, 0.6) is 0 Å². The molecule has 3 rings (SSSR count).